The van der Waals surface area contributed by atoms with Gasteiger partial charge in [-0.15, -0.1) is 0 Å². The van der Waals surface area contributed by atoms with E-state index in [-0.39, 0.29) is 16.8 Å². The molecule has 168 valence electrons. The fourth-order valence-corrected chi connectivity index (χ4v) is 5.74. The molecule has 5 rings (SSSR count). The lowest BCUT2D eigenvalue weighted by atomic mass is 10.2. The van der Waals surface area contributed by atoms with Gasteiger partial charge in [0.05, 0.1) is 34.4 Å². The number of anilines is 1. The summed E-state index contributed by atoms with van der Waals surface area (Å²) in [6.45, 7) is 4.00. The summed E-state index contributed by atoms with van der Waals surface area (Å²) in [5.41, 5.74) is 2.01. The molecular weight excluding hydrogens is 429 g/mol. The van der Waals surface area contributed by atoms with Gasteiger partial charge in [-0.3, -0.25) is 4.90 Å². The zero-order chi connectivity index (χ0) is 22.1. The van der Waals surface area contributed by atoms with Crippen molar-refractivity contribution < 1.29 is 12.8 Å². The molecule has 1 aliphatic heterocycles. The minimum absolute atomic E-state index is 0.0239. The van der Waals surface area contributed by atoms with E-state index in [2.05, 4.69) is 19.8 Å². The maximum Gasteiger partial charge on any atom is 0.158 e. The molecule has 32 heavy (non-hydrogen) atoms. The van der Waals surface area contributed by atoms with Gasteiger partial charge in [0, 0.05) is 38.9 Å². The van der Waals surface area contributed by atoms with E-state index >= 15 is 0 Å². The SMILES string of the molecule is O=S(=O)(Cc1cccc(N2CCN(Cc3cn(-c4ccccc4F)cn3)CC2)n1)C1CC1. The first-order valence-electron chi connectivity index (χ1n) is 10.9. The number of halogens is 1. The van der Waals surface area contributed by atoms with Crippen molar-refractivity contribution >= 4 is 15.7 Å². The van der Waals surface area contributed by atoms with E-state index in [1.807, 2.05) is 24.4 Å². The van der Waals surface area contributed by atoms with Crippen molar-refractivity contribution in [1.82, 2.24) is 19.4 Å². The lowest BCUT2D eigenvalue weighted by Crippen LogP contribution is -2.46. The quantitative estimate of drug-likeness (QED) is 0.546. The number of aromatic nitrogens is 3. The van der Waals surface area contributed by atoms with E-state index < -0.39 is 9.84 Å². The molecule has 0 spiro atoms. The van der Waals surface area contributed by atoms with Crippen molar-refractivity contribution in [3.63, 3.8) is 0 Å². The van der Waals surface area contributed by atoms with Crippen LogP contribution >= 0.6 is 0 Å². The molecule has 0 N–H and O–H groups in total. The molecule has 7 nitrogen and oxygen atoms in total. The third-order valence-electron chi connectivity index (χ3n) is 6.02. The van der Waals surface area contributed by atoms with Gasteiger partial charge in [-0.2, -0.15) is 0 Å². The van der Waals surface area contributed by atoms with Gasteiger partial charge in [0.2, 0.25) is 0 Å². The molecule has 0 unspecified atom stereocenters. The lowest BCUT2D eigenvalue weighted by Gasteiger charge is -2.35. The highest BCUT2D eigenvalue weighted by Crippen LogP contribution is 2.31. The Labute approximate surface area is 187 Å². The van der Waals surface area contributed by atoms with Crippen molar-refractivity contribution in [2.24, 2.45) is 0 Å². The number of rotatable bonds is 7. The molecule has 1 saturated heterocycles. The topological polar surface area (TPSA) is 71.3 Å². The average molecular weight is 456 g/mol. The molecule has 1 aromatic carbocycles. The summed E-state index contributed by atoms with van der Waals surface area (Å²) in [6.07, 6.45) is 5.08. The molecule has 0 radical (unpaired) electrons. The Kier molecular flexibility index (Phi) is 5.69. The Morgan fingerprint density at radius 1 is 0.969 bits per heavy atom. The molecule has 0 atom stereocenters. The summed E-state index contributed by atoms with van der Waals surface area (Å²) in [5.74, 6) is 0.581. The van der Waals surface area contributed by atoms with Crippen LogP contribution in [0.4, 0.5) is 10.2 Å². The molecule has 2 aliphatic rings. The zero-order valence-corrected chi connectivity index (χ0v) is 18.6. The van der Waals surface area contributed by atoms with E-state index in [9.17, 15) is 12.8 Å². The van der Waals surface area contributed by atoms with Gasteiger partial charge >= 0.3 is 0 Å². The van der Waals surface area contributed by atoms with Gasteiger partial charge in [0.15, 0.2) is 9.84 Å². The van der Waals surface area contributed by atoms with Crippen LogP contribution < -0.4 is 4.90 Å². The van der Waals surface area contributed by atoms with Gasteiger partial charge < -0.3 is 9.47 Å². The largest absolute Gasteiger partial charge is 0.354 e. The number of nitrogens with zero attached hydrogens (tertiary/aromatic N) is 5. The van der Waals surface area contributed by atoms with E-state index in [1.165, 1.54) is 6.07 Å². The predicted molar refractivity (Wildman–Crippen MR) is 121 cm³/mol. The molecule has 0 bridgehead atoms. The second kappa shape index (κ2) is 8.63. The summed E-state index contributed by atoms with van der Waals surface area (Å²) in [4.78, 5) is 13.6. The highest BCUT2D eigenvalue weighted by molar-refractivity contribution is 7.91. The van der Waals surface area contributed by atoms with Crippen molar-refractivity contribution in [1.29, 1.82) is 0 Å². The Morgan fingerprint density at radius 3 is 2.50 bits per heavy atom. The standard InChI is InChI=1S/C23H26FN5O2S/c24-21-5-1-2-6-22(21)29-15-19(25-17-29)14-27-10-12-28(13-11-27)23-7-3-4-18(26-23)16-32(30,31)20-8-9-20/h1-7,15,17,20H,8-14,16H2. The van der Waals surface area contributed by atoms with Crippen molar-refractivity contribution in [3.05, 3.63) is 72.2 Å². The molecule has 3 heterocycles. The first-order chi connectivity index (χ1) is 15.5. The minimum atomic E-state index is -3.07. The van der Waals surface area contributed by atoms with Crippen molar-refractivity contribution in [3.8, 4) is 5.69 Å². The van der Waals surface area contributed by atoms with E-state index in [0.717, 1.165) is 50.5 Å². The Balaban J connectivity index is 1.18. The van der Waals surface area contributed by atoms with Crippen LogP contribution in [-0.2, 0) is 22.1 Å². The highest BCUT2D eigenvalue weighted by atomic mass is 32.2. The van der Waals surface area contributed by atoms with E-state index in [1.54, 1.807) is 29.1 Å². The van der Waals surface area contributed by atoms with Crippen LogP contribution in [0.25, 0.3) is 5.69 Å². The minimum Gasteiger partial charge on any atom is -0.354 e. The highest BCUT2D eigenvalue weighted by Gasteiger charge is 2.35. The number of sulfone groups is 1. The third kappa shape index (κ3) is 4.68. The van der Waals surface area contributed by atoms with Crippen LogP contribution in [0.15, 0.2) is 55.0 Å². The van der Waals surface area contributed by atoms with Gasteiger partial charge in [-0.05, 0) is 37.1 Å². The Morgan fingerprint density at radius 2 is 1.75 bits per heavy atom. The first kappa shape index (κ1) is 21.1. The molecular formula is C23H26FN5O2S. The molecule has 1 saturated carbocycles. The van der Waals surface area contributed by atoms with E-state index in [0.29, 0.717) is 17.9 Å². The maximum absolute atomic E-state index is 14.0. The smallest absolute Gasteiger partial charge is 0.158 e. The summed E-state index contributed by atoms with van der Waals surface area (Å²) >= 11 is 0. The number of hydrogen-bond acceptors (Lipinski definition) is 6. The molecule has 3 aromatic rings. The number of benzene rings is 1. The number of para-hydroxylation sites is 1. The van der Waals surface area contributed by atoms with E-state index in [4.69, 9.17) is 0 Å². The third-order valence-corrected chi connectivity index (χ3v) is 8.21. The normalized spacial score (nSPS) is 17.6. The fourth-order valence-electron chi connectivity index (χ4n) is 4.08. The molecule has 1 aliphatic carbocycles. The molecule has 9 heteroatoms. The summed E-state index contributed by atoms with van der Waals surface area (Å²) < 4.78 is 40.3. The average Bonchev–Trinajstić information content (AvgIpc) is 3.56. The monoisotopic (exact) mass is 455 g/mol. The van der Waals surface area contributed by atoms with Gasteiger partial charge in [-0.1, -0.05) is 18.2 Å². The Bertz CT molecular complexity index is 1200. The second-order valence-electron chi connectivity index (χ2n) is 8.48. The van der Waals surface area contributed by atoms with Crippen molar-refractivity contribution in [2.45, 2.75) is 30.4 Å². The second-order valence-corrected chi connectivity index (χ2v) is 10.8. The molecule has 0 amide bonds. The number of pyridine rings is 1. The van der Waals surface area contributed by atoms with Gasteiger partial charge in [-0.25, -0.2) is 22.8 Å². The van der Waals surface area contributed by atoms with Gasteiger partial charge in [0.25, 0.3) is 0 Å². The number of imidazole rings is 1. The van der Waals surface area contributed by atoms with Crippen LogP contribution in [0.2, 0.25) is 0 Å². The summed E-state index contributed by atoms with van der Waals surface area (Å²) in [7, 11) is -3.07. The van der Waals surface area contributed by atoms with Crippen LogP contribution in [0.1, 0.15) is 24.2 Å². The summed E-state index contributed by atoms with van der Waals surface area (Å²) in [5, 5.41) is -0.168. The maximum atomic E-state index is 14.0. The lowest BCUT2D eigenvalue weighted by molar-refractivity contribution is 0.247. The Hall–Kier alpha value is -2.78. The van der Waals surface area contributed by atoms with Crippen LogP contribution in [0, 0.1) is 5.82 Å². The number of piperazine rings is 1. The first-order valence-corrected chi connectivity index (χ1v) is 12.6. The predicted octanol–water partition coefficient (Wildman–Crippen LogP) is 2.81. The molecule has 2 fully saturated rings. The van der Waals surface area contributed by atoms with Crippen LogP contribution in [-0.4, -0.2) is 59.3 Å². The summed E-state index contributed by atoms with van der Waals surface area (Å²) in [6, 6.07) is 12.3. The number of hydrogen-bond donors (Lipinski definition) is 0. The fraction of sp³-hybridized carbons (Fsp3) is 0.391. The van der Waals surface area contributed by atoms with Crippen LogP contribution in [0.3, 0.4) is 0 Å². The van der Waals surface area contributed by atoms with Gasteiger partial charge in [0.1, 0.15) is 11.6 Å². The molecule has 2 aromatic heterocycles. The van der Waals surface area contributed by atoms with Crippen LogP contribution in [0.5, 0.6) is 0 Å². The zero-order valence-electron chi connectivity index (χ0n) is 17.8. The van der Waals surface area contributed by atoms with Crippen molar-refractivity contribution in [2.75, 3.05) is 31.1 Å².